The number of carbonyl (C=O) groups excluding carboxylic acids is 3. The standard InChI is InChI=1S/C71H138O6/c1-4-7-10-13-16-19-22-24-26-28-29-30-31-32-33-34-35-36-37-38-39-40-41-42-44-45-47-49-52-55-58-61-64-70(73)76-67-68(66-75-69(72)63-60-57-54-51-21-18-15-12-9-6-3)77-71(74)65-62-59-56-53-50-48-46-43-27-25-23-20-17-14-11-8-5-2/h68H,4-67H2,1-3H3. The molecular formula is C71H138O6. The van der Waals surface area contributed by atoms with Gasteiger partial charge in [0.25, 0.3) is 0 Å². The van der Waals surface area contributed by atoms with Gasteiger partial charge in [0, 0.05) is 19.3 Å². The first-order valence-corrected chi connectivity index (χ1v) is 35.5. The molecule has 0 aliphatic rings. The summed E-state index contributed by atoms with van der Waals surface area (Å²) < 4.78 is 16.9. The van der Waals surface area contributed by atoms with Crippen LogP contribution in [0.4, 0.5) is 0 Å². The summed E-state index contributed by atoms with van der Waals surface area (Å²) in [5.74, 6) is -0.827. The number of esters is 3. The van der Waals surface area contributed by atoms with Crippen molar-refractivity contribution in [3.8, 4) is 0 Å². The molecule has 0 aliphatic carbocycles. The fourth-order valence-corrected chi connectivity index (χ4v) is 11.3. The van der Waals surface area contributed by atoms with Crippen molar-refractivity contribution >= 4 is 17.9 Å². The summed E-state index contributed by atoms with van der Waals surface area (Å²) in [4.78, 5) is 38.3. The summed E-state index contributed by atoms with van der Waals surface area (Å²) in [6.45, 7) is 6.72. The van der Waals surface area contributed by atoms with E-state index in [-0.39, 0.29) is 31.1 Å². The lowest BCUT2D eigenvalue weighted by atomic mass is 10.0. The van der Waals surface area contributed by atoms with Crippen molar-refractivity contribution in [2.24, 2.45) is 0 Å². The quantitative estimate of drug-likeness (QED) is 0.0343. The first-order valence-electron chi connectivity index (χ1n) is 35.5. The van der Waals surface area contributed by atoms with E-state index in [1.165, 1.54) is 321 Å². The molecule has 0 saturated carbocycles. The van der Waals surface area contributed by atoms with Crippen LogP contribution < -0.4 is 0 Å². The van der Waals surface area contributed by atoms with Crippen LogP contribution in [0.15, 0.2) is 0 Å². The average molecular weight is 1090 g/mol. The van der Waals surface area contributed by atoms with Crippen LogP contribution in [0.2, 0.25) is 0 Å². The van der Waals surface area contributed by atoms with Crippen LogP contribution >= 0.6 is 0 Å². The van der Waals surface area contributed by atoms with Gasteiger partial charge in [-0.25, -0.2) is 0 Å². The van der Waals surface area contributed by atoms with Gasteiger partial charge in [0.1, 0.15) is 13.2 Å². The molecule has 0 saturated heterocycles. The molecule has 6 heteroatoms. The van der Waals surface area contributed by atoms with E-state index in [9.17, 15) is 14.4 Å². The molecule has 0 bridgehead atoms. The molecule has 1 unspecified atom stereocenters. The first kappa shape index (κ1) is 75.4. The summed E-state index contributed by atoms with van der Waals surface area (Å²) in [6, 6.07) is 0. The third-order valence-electron chi connectivity index (χ3n) is 16.6. The molecule has 0 aliphatic heterocycles. The minimum atomic E-state index is -0.762. The van der Waals surface area contributed by atoms with Gasteiger partial charge >= 0.3 is 17.9 Å². The van der Waals surface area contributed by atoms with E-state index in [0.29, 0.717) is 19.3 Å². The monoisotopic (exact) mass is 1090 g/mol. The van der Waals surface area contributed by atoms with Crippen LogP contribution in [0, 0.1) is 0 Å². The van der Waals surface area contributed by atoms with Crippen molar-refractivity contribution in [1.82, 2.24) is 0 Å². The molecule has 0 radical (unpaired) electrons. The lowest BCUT2D eigenvalue weighted by molar-refractivity contribution is -0.167. The third-order valence-corrected chi connectivity index (χ3v) is 16.6. The molecule has 0 N–H and O–H groups in total. The highest BCUT2D eigenvalue weighted by atomic mass is 16.6. The maximum Gasteiger partial charge on any atom is 0.306 e. The van der Waals surface area contributed by atoms with E-state index in [2.05, 4.69) is 20.8 Å². The molecule has 0 aromatic heterocycles. The summed E-state index contributed by atoms with van der Waals surface area (Å²) in [6.07, 6.45) is 78.7. The van der Waals surface area contributed by atoms with Gasteiger partial charge in [-0.05, 0) is 19.3 Å². The molecule has 0 aromatic rings. The fourth-order valence-electron chi connectivity index (χ4n) is 11.3. The number of carbonyl (C=O) groups is 3. The molecule has 6 nitrogen and oxygen atoms in total. The zero-order valence-corrected chi connectivity index (χ0v) is 52.8. The largest absolute Gasteiger partial charge is 0.462 e. The van der Waals surface area contributed by atoms with E-state index in [0.717, 1.165) is 57.8 Å². The Kier molecular flexibility index (Phi) is 65.5. The molecule has 1 atom stereocenters. The highest BCUT2D eigenvalue weighted by molar-refractivity contribution is 5.71. The number of ether oxygens (including phenoxy) is 3. The molecule has 0 heterocycles. The second-order valence-corrected chi connectivity index (χ2v) is 24.5. The van der Waals surface area contributed by atoms with E-state index >= 15 is 0 Å². The number of rotatable bonds is 67. The van der Waals surface area contributed by atoms with E-state index in [1.807, 2.05) is 0 Å². The highest BCUT2D eigenvalue weighted by Crippen LogP contribution is 2.20. The van der Waals surface area contributed by atoms with Crippen LogP contribution in [-0.4, -0.2) is 37.2 Å². The van der Waals surface area contributed by atoms with E-state index in [1.54, 1.807) is 0 Å². The van der Waals surface area contributed by atoms with Gasteiger partial charge in [0.15, 0.2) is 6.10 Å². The highest BCUT2D eigenvalue weighted by Gasteiger charge is 2.19. The van der Waals surface area contributed by atoms with Gasteiger partial charge in [-0.3, -0.25) is 14.4 Å². The van der Waals surface area contributed by atoms with Crippen molar-refractivity contribution in [2.75, 3.05) is 13.2 Å². The molecule has 0 amide bonds. The topological polar surface area (TPSA) is 78.9 Å². The minimum absolute atomic E-state index is 0.0607. The maximum atomic E-state index is 12.9. The van der Waals surface area contributed by atoms with Gasteiger partial charge in [-0.2, -0.15) is 0 Å². The van der Waals surface area contributed by atoms with Crippen molar-refractivity contribution in [2.45, 2.75) is 425 Å². The Morgan fingerprint density at radius 1 is 0.208 bits per heavy atom. The van der Waals surface area contributed by atoms with Crippen LogP contribution in [-0.2, 0) is 28.6 Å². The van der Waals surface area contributed by atoms with Crippen molar-refractivity contribution in [3.05, 3.63) is 0 Å². The zero-order valence-electron chi connectivity index (χ0n) is 52.8. The van der Waals surface area contributed by atoms with Crippen LogP contribution in [0.25, 0.3) is 0 Å². The minimum Gasteiger partial charge on any atom is -0.462 e. The second-order valence-electron chi connectivity index (χ2n) is 24.5. The Balaban J connectivity index is 4.01. The van der Waals surface area contributed by atoms with Gasteiger partial charge in [-0.15, -0.1) is 0 Å². The molecule has 0 fully saturated rings. The van der Waals surface area contributed by atoms with Gasteiger partial charge in [0.05, 0.1) is 0 Å². The summed E-state index contributed by atoms with van der Waals surface area (Å²) in [7, 11) is 0. The molecule has 77 heavy (non-hydrogen) atoms. The van der Waals surface area contributed by atoms with Crippen LogP contribution in [0.5, 0.6) is 0 Å². The Morgan fingerprint density at radius 2 is 0.351 bits per heavy atom. The summed E-state index contributed by atoms with van der Waals surface area (Å²) in [5, 5.41) is 0. The molecular weight excluding hydrogens is 949 g/mol. The predicted octanol–water partition coefficient (Wildman–Crippen LogP) is 24.2. The van der Waals surface area contributed by atoms with Crippen molar-refractivity contribution in [1.29, 1.82) is 0 Å². The maximum absolute atomic E-state index is 12.9. The summed E-state index contributed by atoms with van der Waals surface area (Å²) >= 11 is 0. The molecule has 458 valence electrons. The van der Waals surface area contributed by atoms with Crippen molar-refractivity contribution < 1.29 is 28.6 Å². The van der Waals surface area contributed by atoms with E-state index in [4.69, 9.17) is 14.2 Å². The smallest absolute Gasteiger partial charge is 0.306 e. The summed E-state index contributed by atoms with van der Waals surface area (Å²) in [5.41, 5.74) is 0. The Morgan fingerprint density at radius 3 is 0.519 bits per heavy atom. The van der Waals surface area contributed by atoms with Gasteiger partial charge < -0.3 is 14.2 Å². The third kappa shape index (κ3) is 65.1. The SMILES string of the molecule is CCCCCCCCCCCCCCCCCCCCCCCCCCCCCCCCCCC(=O)OCC(COC(=O)CCCCCCCCCCCC)OC(=O)CCCCCCCCCCCCCCCCCCC. The molecule has 0 spiro atoms. The average Bonchev–Trinajstić information content (AvgIpc) is 3.43. The second kappa shape index (κ2) is 66.9. The normalized spacial score (nSPS) is 11.9. The Labute approximate surface area is 482 Å². The molecule has 0 rings (SSSR count). The number of unbranched alkanes of at least 4 members (excludes halogenated alkanes) is 56. The van der Waals surface area contributed by atoms with E-state index < -0.39 is 6.10 Å². The predicted molar refractivity (Wildman–Crippen MR) is 335 cm³/mol. The first-order chi connectivity index (χ1) is 38.0. The van der Waals surface area contributed by atoms with Gasteiger partial charge in [0.2, 0.25) is 0 Å². The molecule has 0 aromatic carbocycles. The number of hydrogen-bond donors (Lipinski definition) is 0. The zero-order chi connectivity index (χ0) is 55.7. The Hall–Kier alpha value is -1.59. The number of hydrogen-bond acceptors (Lipinski definition) is 6. The van der Waals surface area contributed by atoms with Crippen molar-refractivity contribution in [3.63, 3.8) is 0 Å². The Bertz CT molecular complexity index is 1160. The lowest BCUT2D eigenvalue weighted by Crippen LogP contribution is -2.30. The van der Waals surface area contributed by atoms with Gasteiger partial charge in [-0.1, -0.05) is 380 Å². The fraction of sp³-hybridized carbons (Fsp3) is 0.958. The van der Waals surface area contributed by atoms with Crippen LogP contribution in [0.1, 0.15) is 419 Å². The van der Waals surface area contributed by atoms with Crippen LogP contribution in [0.3, 0.4) is 0 Å². The lowest BCUT2D eigenvalue weighted by Gasteiger charge is -2.18.